The van der Waals surface area contributed by atoms with Crippen LogP contribution in [0.1, 0.15) is 32.3 Å². The molecular formula is C12H14FNO. The summed E-state index contributed by atoms with van der Waals surface area (Å²) in [5, 5.41) is 0. The molecule has 80 valence electrons. The molecule has 0 N–H and O–H groups in total. The summed E-state index contributed by atoms with van der Waals surface area (Å²) < 4.78 is 12.7. The average Bonchev–Trinajstić information content (AvgIpc) is 2.18. The van der Waals surface area contributed by atoms with Gasteiger partial charge in [0.25, 0.3) is 0 Å². The third-order valence-electron chi connectivity index (χ3n) is 2.76. The summed E-state index contributed by atoms with van der Waals surface area (Å²) in [5.41, 5.74) is 0.444. The fourth-order valence-electron chi connectivity index (χ4n) is 1.37. The first-order valence-electron chi connectivity index (χ1n) is 4.82. The van der Waals surface area contributed by atoms with Crippen LogP contribution in [-0.4, -0.2) is 11.6 Å². The highest BCUT2D eigenvalue weighted by molar-refractivity contribution is 5.36. The number of halogens is 1. The van der Waals surface area contributed by atoms with Crippen LogP contribution in [0.25, 0.3) is 0 Å². The molecule has 1 aromatic carbocycles. The quantitative estimate of drug-likeness (QED) is 0.553. The second-order valence-corrected chi connectivity index (χ2v) is 4.13. The minimum absolute atomic E-state index is 0.0413. The molecule has 0 spiro atoms. The first-order valence-corrected chi connectivity index (χ1v) is 4.82. The summed E-state index contributed by atoms with van der Waals surface area (Å²) in [7, 11) is 0. The Kier molecular flexibility index (Phi) is 3.38. The largest absolute Gasteiger partial charge is 0.235 e. The number of carbonyl (C=O) groups excluding carboxylic acids is 1. The summed E-state index contributed by atoms with van der Waals surface area (Å²) in [6.07, 6.45) is 1.57. The Morgan fingerprint density at radius 1 is 1.33 bits per heavy atom. The molecule has 2 nitrogen and oxygen atoms in total. The van der Waals surface area contributed by atoms with Crippen molar-refractivity contribution < 1.29 is 9.18 Å². The predicted molar refractivity (Wildman–Crippen MR) is 57.0 cm³/mol. The first kappa shape index (κ1) is 11.6. The highest BCUT2D eigenvalue weighted by Crippen LogP contribution is 2.30. The summed E-state index contributed by atoms with van der Waals surface area (Å²) in [4.78, 5) is 14.0. The molecule has 0 bridgehead atoms. The van der Waals surface area contributed by atoms with Crippen molar-refractivity contribution in [3.63, 3.8) is 0 Å². The molecule has 1 rings (SSSR count). The van der Waals surface area contributed by atoms with Crippen molar-refractivity contribution in [2.45, 2.75) is 32.2 Å². The molecule has 0 saturated carbocycles. The van der Waals surface area contributed by atoms with E-state index in [4.69, 9.17) is 0 Å². The van der Waals surface area contributed by atoms with Gasteiger partial charge < -0.3 is 0 Å². The van der Waals surface area contributed by atoms with Gasteiger partial charge in [0, 0.05) is 5.92 Å². The summed E-state index contributed by atoms with van der Waals surface area (Å²) in [6, 6.07) is 6.24. The van der Waals surface area contributed by atoms with Gasteiger partial charge in [-0.3, -0.25) is 0 Å². The lowest BCUT2D eigenvalue weighted by Crippen LogP contribution is -2.24. The lowest BCUT2D eigenvalue weighted by atomic mass is 9.84. The molecule has 1 unspecified atom stereocenters. The van der Waals surface area contributed by atoms with Crippen LogP contribution in [0, 0.1) is 5.82 Å². The maximum atomic E-state index is 12.7. The van der Waals surface area contributed by atoms with Gasteiger partial charge >= 0.3 is 0 Å². The molecule has 0 aliphatic heterocycles. The molecule has 0 heterocycles. The predicted octanol–water partition coefficient (Wildman–Crippen LogP) is 3.04. The fraction of sp³-hybridized carbons (Fsp3) is 0.417. The lowest BCUT2D eigenvalue weighted by molar-refractivity contribution is 0.432. The van der Waals surface area contributed by atoms with E-state index in [9.17, 15) is 9.18 Å². The third kappa shape index (κ3) is 2.74. The van der Waals surface area contributed by atoms with E-state index in [1.54, 1.807) is 18.2 Å². The Bertz CT molecular complexity index is 377. The van der Waals surface area contributed by atoms with E-state index in [-0.39, 0.29) is 11.7 Å². The van der Waals surface area contributed by atoms with Gasteiger partial charge in [0.15, 0.2) is 0 Å². The van der Waals surface area contributed by atoms with Crippen molar-refractivity contribution in [1.29, 1.82) is 0 Å². The molecule has 0 aliphatic carbocycles. The van der Waals surface area contributed by atoms with Gasteiger partial charge in [-0.2, -0.15) is 4.99 Å². The fourth-order valence-corrected chi connectivity index (χ4v) is 1.37. The highest BCUT2D eigenvalue weighted by atomic mass is 19.1. The molecule has 1 aromatic rings. The van der Waals surface area contributed by atoms with Gasteiger partial charge in [-0.05, 0) is 31.5 Å². The molecule has 15 heavy (non-hydrogen) atoms. The van der Waals surface area contributed by atoms with E-state index in [1.165, 1.54) is 12.1 Å². The van der Waals surface area contributed by atoms with Crippen molar-refractivity contribution in [1.82, 2.24) is 0 Å². The molecule has 0 aliphatic rings. The maximum Gasteiger partial charge on any atom is 0.235 e. The molecule has 0 radical (unpaired) electrons. The van der Waals surface area contributed by atoms with Crippen LogP contribution in [0.15, 0.2) is 29.3 Å². The Balaban J connectivity index is 2.98. The number of nitrogens with zero attached hydrogens (tertiary/aromatic N) is 1. The van der Waals surface area contributed by atoms with Gasteiger partial charge in [-0.25, -0.2) is 9.18 Å². The third-order valence-corrected chi connectivity index (χ3v) is 2.76. The van der Waals surface area contributed by atoms with Crippen LogP contribution in [0.2, 0.25) is 0 Å². The van der Waals surface area contributed by atoms with E-state index in [1.807, 2.05) is 20.8 Å². The molecular weight excluding hydrogens is 193 g/mol. The van der Waals surface area contributed by atoms with Crippen LogP contribution in [0.4, 0.5) is 4.39 Å². The van der Waals surface area contributed by atoms with Crippen molar-refractivity contribution in [3.05, 3.63) is 35.6 Å². The van der Waals surface area contributed by atoms with Crippen LogP contribution in [0.3, 0.4) is 0 Å². The Labute approximate surface area is 88.8 Å². The maximum absolute atomic E-state index is 12.7. The van der Waals surface area contributed by atoms with Crippen molar-refractivity contribution in [2.24, 2.45) is 4.99 Å². The molecule has 0 amide bonds. The zero-order chi connectivity index (χ0) is 11.5. The zero-order valence-electron chi connectivity index (χ0n) is 9.12. The molecule has 0 saturated heterocycles. The molecule has 0 aromatic heterocycles. The van der Waals surface area contributed by atoms with Gasteiger partial charge in [0.1, 0.15) is 5.82 Å². The van der Waals surface area contributed by atoms with E-state index < -0.39 is 5.54 Å². The average molecular weight is 207 g/mol. The summed E-state index contributed by atoms with van der Waals surface area (Å²) in [6.45, 7) is 5.66. The van der Waals surface area contributed by atoms with Gasteiger partial charge in [0.2, 0.25) is 6.08 Å². The minimum atomic E-state index is -0.514. The van der Waals surface area contributed by atoms with Gasteiger partial charge in [0.05, 0.1) is 5.54 Å². The van der Waals surface area contributed by atoms with Crippen LogP contribution >= 0.6 is 0 Å². The van der Waals surface area contributed by atoms with Crippen LogP contribution in [0.5, 0.6) is 0 Å². The standard InChI is InChI=1S/C12H14FNO/c1-9(12(2,3)14-8-15)10-4-6-11(13)7-5-10/h4-7,9H,1-3H3. The zero-order valence-corrected chi connectivity index (χ0v) is 9.12. The van der Waals surface area contributed by atoms with E-state index in [2.05, 4.69) is 4.99 Å². The Hall–Kier alpha value is -1.47. The topological polar surface area (TPSA) is 29.4 Å². The van der Waals surface area contributed by atoms with E-state index >= 15 is 0 Å². The van der Waals surface area contributed by atoms with Crippen molar-refractivity contribution >= 4 is 6.08 Å². The molecule has 0 fully saturated rings. The summed E-state index contributed by atoms with van der Waals surface area (Å²) >= 11 is 0. The summed E-state index contributed by atoms with van der Waals surface area (Å²) in [5.74, 6) is -0.220. The van der Waals surface area contributed by atoms with Crippen molar-refractivity contribution in [2.75, 3.05) is 0 Å². The normalized spacial score (nSPS) is 13.1. The molecule has 1 atom stereocenters. The number of isocyanates is 1. The number of hydrogen-bond acceptors (Lipinski definition) is 2. The number of hydrogen-bond donors (Lipinski definition) is 0. The van der Waals surface area contributed by atoms with Crippen LogP contribution in [-0.2, 0) is 4.79 Å². The van der Waals surface area contributed by atoms with Gasteiger partial charge in [-0.15, -0.1) is 0 Å². The number of benzene rings is 1. The highest BCUT2D eigenvalue weighted by Gasteiger charge is 2.26. The van der Waals surface area contributed by atoms with Gasteiger partial charge in [-0.1, -0.05) is 19.1 Å². The van der Waals surface area contributed by atoms with Crippen molar-refractivity contribution in [3.8, 4) is 0 Å². The monoisotopic (exact) mass is 207 g/mol. The lowest BCUT2D eigenvalue weighted by Gasteiger charge is -2.26. The number of rotatable bonds is 3. The Morgan fingerprint density at radius 2 is 1.87 bits per heavy atom. The van der Waals surface area contributed by atoms with Crippen LogP contribution < -0.4 is 0 Å². The second-order valence-electron chi connectivity index (χ2n) is 4.13. The van der Waals surface area contributed by atoms with E-state index in [0.29, 0.717) is 0 Å². The Morgan fingerprint density at radius 3 is 2.33 bits per heavy atom. The first-order chi connectivity index (χ1) is 6.97. The number of aliphatic imine (C=N–C) groups is 1. The second kappa shape index (κ2) is 4.37. The minimum Gasteiger partial charge on any atom is -0.211 e. The SMILES string of the molecule is CC(c1ccc(F)cc1)C(C)(C)N=C=O. The van der Waals surface area contributed by atoms with E-state index in [0.717, 1.165) is 5.56 Å². The smallest absolute Gasteiger partial charge is 0.211 e. The molecule has 3 heteroatoms.